The summed E-state index contributed by atoms with van der Waals surface area (Å²) in [5, 5.41) is 11.9. The minimum atomic E-state index is -1.24. The molecule has 2 rings (SSSR count). The fourth-order valence-electron chi connectivity index (χ4n) is 2.12. The number of thioether (sulfide) groups is 1. The normalized spacial score (nSPS) is 28.8. The fraction of sp³-hybridized carbons (Fsp3) is 0.818. The Labute approximate surface area is 110 Å². The first-order valence-corrected chi connectivity index (χ1v) is 7.25. The third-order valence-corrected chi connectivity index (χ3v) is 4.34. The fourth-order valence-corrected chi connectivity index (χ4v) is 3.01. The molecule has 2 aliphatic rings. The van der Waals surface area contributed by atoms with Crippen molar-refractivity contribution >= 4 is 23.8 Å². The maximum absolute atomic E-state index is 12.1. The summed E-state index contributed by atoms with van der Waals surface area (Å²) < 4.78 is 5.12. The molecule has 0 saturated carbocycles. The molecule has 2 heterocycles. The molecule has 0 bridgehead atoms. The molecule has 0 radical (unpaired) electrons. The molecule has 18 heavy (non-hydrogen) atoms. The predicted molar refractivity (Wildman–Crippen MR) is 67.8 cm³/mol. The van der Waals surface area contributed by atoms with Gasteiger partial charge in [0.2, 0.25) is 0 Å². The molecule has 2 amide bonds. The molecule has 2 N–H and O–H groups in total. The lowest BCUT2D eigenvalue weighted by atomic mass is 9.99. The van der Waals surface area contributed by atoms with Crippen molar-refractivity contribution < 1.29 is 19.4 Å². The zero-order valence-corrected chi connectivity index (χ0v) is 11.0. The van der Waals surface area contributed by atoms with Crippen LogP contribution in [-0.4, -0.2) is 65.4 Å². The maximum atomic E-state index is 12.1. The van der Waals surface area contributed by atoms with Crippen LogP contribution in [0.4, 0.5) is 4.79 Å². The molecule has 2 aliphatic heterocycles. The van der Waals surface area contributed by atoms with Gasteiger partial charge >= 0.3 is 12.0 Å². The molecule has 0 aliphatic carbocycles. The summed E-state index contributed by atoms with van der Waals surface area (Å²) in [5.41, 5.74) is -1.24. The first-order valence-electron chi connectivity index (χ1n) is 6.10. The average molecular weight is 274 g/mol. The van der Waals surface area contributed by atoms with E-state index in [1.807, 2.05) is 11.8 Å². The summed E-state index contributed by atoms with van der Waals surface area (Å²) in [4.78, 5) is 25.1. The van der Waals surface area contributed by atoms with Gasteiger partial charge in [-0.1, -0.05) is 0 Å². The molecule has 7 heteroatoms. The van der Waals surface area contributed by atoms with Gasteiger partial charge in [-0.15, -0.1) is 0 Å². The monoisotopic (exact) mass is 274 g/mol. The number of carbonyl (C=O) groups is 2. The number of nitrogens with zero attached hydrogens (tertiary/aromatic N) is 1. The van der Waals surface area contributed by atoms with Gasteiger partial charge in [0.05, 0.1) is 6.61 Å². The Kier molecular flexibility index (Phi) is 4.34. The highest BCUT2D eigenvalue weighted by Gasteiger charge is 2.44. The van der Waals surface area contributed by atoms with Crippen LogP contribution < -0.4 is 5.32 Å². The van der Waals surface area contributed by atoms with Gasteiger partial charge in [0.1, 0.15) is 0 Å². The molecule has 1 atom stereocenters. The summed E-state index contributed by atoms with van der Waals surface area (Å²) >= 11 is 1.82. The standard InChI is InChI=1S/C11H18N2O4S/c14-9(15)11(2-5-17-8-11)12-10(16)13-3-1-6-18-7-4-13/h1-8H2,(H,12,16)(H,14,15). The van der Waals surface area contributed by atoms with Crippen molar-refractivity contribution in [3.05, 3.63) is 0 Å². The Morgan fingerprint density at radius 3 is 2.83 bits per heavy atom. The predicted octanol–water partition coefficient (Wildman–Crippen LogP) is 0.379. The number of hydrogen-bond acceptors (Lipinski definition) is 4. The van der Waals surface area contributed by atoms with Crippen molar-refractivity contribution in [3.63, 3.8) is 0 Å². The van der Waals surface area contributed by atoms with Gasteiger partial charge in [-0.05, 0) is 12.2 Å². The van der Waals surface area contributed by atoms with Crippen LogP contribution in [0.25, 0.3) is 0 Å². The highest BCUT2D eigenvalue weighted by atomic mass is 32.2. The van der Waals surface area contributed by atoms with Gasteiger partial charge in [-0.3, -0.25) is 0 Å². The second-order valence-corrected chi connectivity index (χ2v) is 5.80. The number of hydrogen-bond donors (Lipinski definition) is 2. The number of aliphatic carboxylic acids is 1. The highest BCUT2D eigenvalue weighted by Crippen LogP contribution is 2.20. The number of nitrogens with one attached hydrogen (secondary N) is 1. The summed E-state index contributed by atoms with van der Waals surface area (Å²) in [6.07, 6.45) is 1.28. The van der Waals surface area contributed by atoms with Gasteiger partial charge in [0, 0.05) is 31.9 Å². The summed E-state index contributed by atoms with van der Waals surface area (Å²) in [5.74, 6) is 0.943. The van der Waals surface area contributed by atoms with E-state index < -0.39 is 11.5 Å². The molecule has 102 valence electrons. The summed E-state index contributed by atoms with van der Waals surface area (Å²) in [6.45, 7) is 1.79. The molecule has 6 nitrogen and oxygen atoms in total. The van der Waals surface area contributed by atoms with Gasteiger partial charge in [-0.25, -0.2) is 9.59 Å². The smallest absolute Gasteiger partial charge is 0.332 e. The molecule has 0 aromatic rings. The van der Waals surface area contributed by atoms with Crippen molar-refractivity contribution in [2.24, 2.45) is 0 Å². The van der Waals surface area contributed by atoms with Crippen molar-refractivity contribution in [2.45, 2.75) is 18.4 Å². The molecular weight excluding hydrogens is 256 g/mol. The minimum Gasteiger partial charge on any atom is -0.479 e. The van der Waals surface area contributed by atoms with Crippen LogP contribution in [0.1, 0.15) is 12.8 Å². The second-order valence-electron chi connectivity index (χ2n) is 4.57. The van der Waals surface area contributed by atoms with Gasteiger partial charge in [0.25, 0.3) is 0 Å². The van der Waals surface area contributed by atoms with E-state index in [-0.39, 0.29) is 12.6 Å². The zero-order chi connectivity index (χ0) is 13.0. The Balaban J connectivity index is 1.98. The number of urea groups is 1. The number of amides is 2. The zero-order valence-electron chi connectivity index (χ0n) is 10.2. The van der Waals surface area contributed by atoms with Crippen LogP contribution in [0.5, 0.6) is 0 Å². The third kappa shape index (κ3) is 2.89. The molecular formula is C11H18N2O4S. The molecule has 0 spiro atoms. The highest BCUT2D eigenvalue weighted by molar-refractivity contribution is 7.99. The van der Waals surface area contributed by atoms with Crippen LogP contribution in [-0.2, 0) is 9.53 Å². The lowest BCUT2D eigenvalue weighted by Gasteiger charge is -2.28. The lowest BCUT2D eigenvalue weighted by molar-refractivity contribution is -0.144. The van der Waals surface area contributed by atoms with Crippen molar-refractivity contribution in [2.75, 3.05) is 37.8 Å². The largest absolute Gasteiger partial charge is 0.479 e. The van der Waals surface area contributed by atoms with Crippen LogP contribution in [0.3, 0.4) is 0 Å². The Morgan fingerprint density at radius 2 is 2.17 bits per heavy atom. The number of carboxylic acids is 1. The minimum absolute atomic E-state index is 0.0522. The molecule has 1 unspecified atom stereocenters. The topological polar surface area (TPSA) is 78.9 Å². The second kappa shape index (κ2) is 5.79. The van der Waals surface area contributed by atoms with Crippen molar-refractivity contribution in [1.82, 2.24) is 10.2 Å². The Bertz CT molecular complexity index is 323. The van der Waals surface area contributed by atoms with Crippen molar-refractivity contribution in [1.29, 1.82) is 0 Å². The number of carbonyl (C=O) groups excluding carboxylic acids is 1. The van der Waals surface area contributed by atoms with E-state index in [0.717, 1.165) is 17.9 Å². The van der Waals surface area contributed by atoms with E-state index in [1.54, 1.807) is 4.90 Å². The Hall–Kier alpha value is -0.950. The number of rotatable bonds is 2. The lowest BCUT2D eigenvalue weighted by Crippen LogP contribution is -2.58. The summed E-state index contributed by atoms with van der Waals surface area (Å²) in [6, 6.07) is -0.287. The van der Waals surface area contributed by atoms with E-state index in [2.05, 4.69) is 5.32 Å². The van der Waals surface area contributed by atoms with E-state index in [9.17, 15) is 14.7 Å². The van der Waals surface area contributed by atoms with Gasteiger partial charge in [0.15, 0.2) is 5.54 Å². The SMILES string of the molecule is O=C(NC1(C(=O)O)CCOC1)N1CCCSCC1. The average Bonchev–Trinajstić information content (AvgIpc) is 2.65. The molecule has 2 fully saturated rings. The van der Waals surface area contributed by atoms with E-state index in [1.165, 1.54) is 0 Å². The van der Waals surface area contributed by atoms with Crippen LogP contribution in [0, 0.1) is 0 Å². The number of carboxylic acid groups (broad SMARTS) is 1. The molecule has 0 aromatic heterocycles. The first kappa shape index (κ1) is 13.5. The van der Waals surface area contributed by atoms with Gasteiger partial charge < -0.3 is 20.1 Å². The molecule has 2 saturated heterocycles. The van der Waals surface area contributed by atoms with Gasteiger partial charge in [-0.2, -0.15) is 11.8 Å². The summed E-state index contributed by atoms with van der Waals surface area (Å²) in [7, 11) is 0. The van der Waals surface area contributed by atoms with Crippen molar-refractivity contribution in [3.8, 4) is 0 Å². The third-order valence-electron chi connectivity index (χ3n) is 3.29. The van der Waals surface area contributed by atoms with E-state index >= 15 is 0 Å². The van der Waals surface area contributed by atoms with Crippen LogP contribution in [0.15, 0.2) is 0 Å². The quantitative estimate of drug-likeness (QED) is 0.761. The van der Waals surface area contributed by atoms with E-state index in [0.29, 0.717) is 26.1 Å². The van der Waals surface area contributed by atoms with E-state index in [4.69, 9.17) is 4.74 Å². The Morgan fingerprint density at radius 1 is 1.33 bits per heavy atom. The maximum Gasteiger partial charge on any atom is 0.332 e. The number of ether oxygens (including phenoxy) is 1. The van der Waals surface area contributed by atoms with Crippen LogP contribution >= 0.6 is 11.8 Å². The first-order chi connectivity index (χ1) is 8.64. The molecule has 0 aromatic carbocycles. The van der Waals surface area contributed by atoms with Crippen LogP contribution in [0.2, 0.25) is 0 Å².